The number of thiazole rings is 1. The van der Waals surface area contributed by atoms with E-state index in [0.29, 0.717) is 11.0 Å². The van der Waals surface area contributed by atoms with Crippen LogP contribution in [0.5, 0.6) is 0 Å². The number of ether oxygens (including phenoxy) is 1. The van der Waals surface area contributed by atoms with Gasteiger partial charge in [0, 0.05) is 30.8 Å². The Hall–Kier alpha value is -1.67. The van der Waals surface area contributed by atoms with Gasteiger partial charge in [0.25, 0.3) is 0 Å². The molecule has 0 spiro atoms. The molecule has 3 N–H and O–H groups in total. The maximum absolute atomic E-state index is 11.5. The molecule has 1 aromatic heterocycles. The van der Waals surface area contributed by atoms with E-state index in [2.05, 4.69) is 15.6 Å². The number of aromatic nitrogens is 1. The Bertz CT molecular complexity index is 471. The van der Waals surface area contributed by atoms with Crippen LogP contribution in [0, 0.1) is 0 Å². The van der Waals surface area contributed by atoms with Crippen molar-refractivity contribution in [2.24, 2.45) is 0 Å². The van der Waals surface area contributed by atoms with Crippen molar-refractivity contribution in [2.75, 3.05) is 25.1 Å². The predicted octanol–water partition coefficient (Wildman–Crippen LogP) is 1.63. The van der Waals surface area contributed by atoms with Gasteiger partial charge in [0.2, 0.25) is 0 Å². The van der Waals surface area contributed by atoms with Crippen LogP contribution in [-0.2, 0) is 9.53 Å². The van der Waals surface area contributed by atoms with Gasteiger partial charge in [-0.3, -0.25) is 10.1 Å². The topological polar surface area (TPSA) is 101 Å². The number of hydrogen-bond acceptors (Lipinski definition) is 5. The van der Waals surface area contributed by atoms with Gasteiger partial charge in [-0.25, -0.2) is 9.78 Å². The van der Waals surface area contributed by atoms with E-state index in [1.807, 2.05) is 0 Å². The number of carbonyl (C=O) groups excluding carboxylic acids is 1. The van der Waals surface area contributed by atoms with Crippen LogP contribution in [0.25, 0.3) is 0 Å². The molecule has 0 unspecified atom stereocenters. The zero-order valence-electron chi connectivity index (χ0n) is 10.9. The third-order valence-electron chi connectivity index (χ3n) is 2.99. The van der Waals surface area contributed by atoms with E-state index < -0.39 is 12.0 Å². The van der Waals surface area contributed by atoms with E-state index in [1.165, 1.54) is 11.3 Å². The quantitative estimate of drug-likeness (QED) is 0.767. The highest BCUT2D eigenvalue weighted by Crippen LogP contribution is 2.32. The van der Waals surface area contributed by atoms with Gasteiger partial charge in [-0.05, 0) is 18.8 Å². The lowest BCUT2D eigenvalue weighted by Gasteiger charge is -2.20. The molecular formula is C12H17N3O4S. The summed E-state index contributed by atoms with van der Waals surface area (Å²) in [4.78, 5) is 27.1. The van der Waals surface area contributed by atoms with E-state index in [4.69, 9.17) is 9.84 Å². The van der Waals surface area contributed by atoms with Gasteiger partial charge in [0.1, 0.15) is 0 Å². The molecule has 7 nitrogen and oxygen atoms in total. The van der Waals surface area contributed by atoms with Crippen molar-refractivity contribution in [3.05, 3.63) is 11.1 Å². The van der Waals surface area contributed by atoms with Crippen LogP contribution in [0.1, 0.15) is 30.1 Å². The van der Waals surface area contributed by atoms with Gasteiger partial charge < -0.3 is 15.2 Å². The molecule has 110 valence electrons. The summed E-state index contributed by atoms with van der Waals surface area (Å²) in [5.41, 5.74) is 0. The Balaban J connectivity index is 1.79. The number of carbonyl (C=O) groups is 2. The van der Waals surface area contributed by atoms with Crippen molar-refractivity contribution in [1.82, 2.24) is 10.3 Å². The fourth-order valence-corrected chi connectivity index (χ4v) is 2.92. The molecule has 20 heavy (non-hydrogen) atoms. The van der Waals surface area contributed by atoms with Crippen molar-refractivity contribution in [1.29, 1.82) is 0 Å². The molecule has 0 aliphatic carbocycles. The molecule has 2 heterocycles. The van der Waals surface area contributed by atoms with E-state index in [0.717, 1.165) is 30.9 Å². The number of anilines is 1. The van der Waals surface area contributed by atoms with Crippen molar-refractivity contribution in [3.8, 4) is 0 Å². The largest absolute Gasteiger partial charge is 0.481 e. The highest BCUT2D eigenvalue weighted by molar-refractivity contribution is 7.15. The molecule has 1 aliphatic rings. The minimum Gasteiger partial charge on any atom is -0.481 e. The van der Waals surface area contributed by atoms with E-state index in [9.17, 15) is 9.59 Å². The minimum absolute atomic E-state index is 0.0966. The fourth-order valence-electron chi connectivity index (χ4n) is 1.94. The molecule has 0 bridgehead atoms. The van der Waals surface area contributed by atoms with Gasteiger partial charge in [0.05, 0.1) is 6.42 Å². The van der Waals surface area contributed by atoms with Crippen molar-refractivity contribution < 1.29 is 19.4 Å². The number of carboxylic acid groups (broad SMARTS) is 1. The van der Waals surface area contributed by atoms with Crippen LogP contribution >= 0.6 is 11.3 Å². The molecule has 0 aromatic carbocycles. The number of rotatable bonds is 5. The first-order chi connectivity index (χ1) is 9.65. The number of carboxylic acids is 1. The lowest BCUT2D eigenvalue weighted by Crippen LogP contribution is -2.30. The summed E-state index contributed by atoms with van der Waals surface area (Å²) in [6, 6.07) is -0.431. The number of urea groups is 1. The number of amides is 2. The van der Waals surface area contributed by atoms with Gasteiger partial charge in [0.15, 0.2) is 5.13 Å². The zero-order valence-corrected chi connectivity index (χ0v) is 11.7. The SMILES string of the molecule is O=C(O)CCNC(=O)Nc1ncc(C2CCOCC2)s1. The molecule has 1 aliphatic heterocycles. The second-order valence-corrected chi connectivity index (χ2v) is 5.54. The molecule has 1 aromatic rings. The van der Waals surface area contributed by atoms with Crippen LogP contribution in [0.2, 0.25) is 0 Å². The Morgan fingerprint density at radius 1 is 1.45 bits per heavy atom. The van der Waals surface area contributed by atoms with Crippen LogP contribution in [-0.4, -0.2) is 41.8 Å². The first-order valence-electron chi connectivity index (χ1n) is 6.45. The number of nitrogens with zero attached hydrogens (tertiary/aromatic N) is 1. The predicted molar refractivity (Wildman–Crippen MR) is 74.2 cm³/mol. The molecule has 1 saturated heterocycles. The molecule has 1 fully saturated rings. The third-order valence-corrected chi connectivity index (χ3v) is 4.07. The van der Waals surface area contributed by atoms with E-state index in [1.54, 1.807) is 6.20 Å². The summed E-state index contributed by atoms with van der Waals surface area (Å²) in [6.07, 6.45) is 3.64. The molecular weight excluding hydrogens is 282 g/mol. The van der Waals surface area contributed by atoms with Crippen LogP contribution < -0.4 is 10.6 Å². The van der Waals surface area contributed by atoms with Crippen LogP contribution in [0.3, 0.4) is 0 Å². The molecule has 8 heteroatoms. The monoisotopic (exact) mass is 299 g/mol. The summed E-state index contributed by atoms with van der Waals surface area (Å²) in [6.45, 7) is 1.63. The van der Waals surface area contributed by atoms with Gasteiger partial charge in [-0.15, -0.1) is 11.3 Å². The van der Waals surface area contributed by atoms with Gasteiger partial charge in [-0.1, -0.05) is 0 Å². The zero-order chi connectivity index (χ0) is 14.4. The number of hydrogen-bond donors (Lipinski definition) is 3. The number of nitrogens with one attached hydrogen (secondary N) is 2. The maximum Gasteiger partial charge on any atom is 0.321 e. The Morgan fingerprint density at radius 2 is 2.20 bits per heavy atom. The smallest absolute Gasteiger partial charge is 0.321 e. The minimum atomic E-state index is -0.943. The normalized spacial score (nSPS) is 15.8. The molecule has 0 saturated carbocycles. The molecule has 2 amide bonds. The highest BCUT2D eigenvalue weighted by atomic mass is 32.1. The lowest BCUT2D eigenvalue weighted by molar-refractivity contribution is -0.136. The standard InChI is InChI=1S/C12H17N3O4S/c16-10(17)1-4-13-11(18)15-12-14-7-9(20-12)8-2-5-19-6-3-8/h7-8H,1-6H2,(H,16,17)(H2,13,14,15,18). The maximum atomic E-state index is 11.5. The van der Waals surface area contributed by atoms with Crippen LogP contribution in [0.15, 0.2) is 6.20 Å². The van der Waals surface area contributed by atoms with Gasteiger partial charge in [-0.2, -0.15) is 0 Å². The molecule has 0 radical (unpaired) electrons. The average molecular weight is 299 g/mol. The van der Waals surface area contributed by atoms with E-state index in [-0.39, 0.29) is 13.0 Å². The summed E-state index contributed by atoms with van der Waals surface area (Å²) in [5.74, 6) is -0.492. The second kappa shape index (κ2) is 7.20. The summed E-state index contributed by atoms with van der Waals surface area (Å²) < 4.78 is 5.31. The summed E-state index contributed by atoms with van der Waals surface area (Å²) in [7, 11) is 0. The van der Waals surface area contributed by atoms with Crippen molar-refractivity contribution in [3.63, 3.8) is 0 Å². The van der Waals surface area contributed by atoms with Crippen LogP contribution in [0.4, 0.5) is 9.93 Å². The molecule has 0 atom stereocenters. The molecule has 2 rings (SSSR count). The Morgan fingerprint density at radius 3 is 2.90 bits per heavy atom. The summed E-state index contributed by atoms with van der Waals surface area (Å²) in [5, 5.41) is 14.1. The fraction of sp³-hybridized carbons (Fsp3) is 0.583. The first-order valence-corrected chi connectivity index (χ1v) is 7.27. The second-order valence-electron chi connectivity index (χ2n) is 4.48. The Labute approximate surface area is 120 Å². The third kappa shape index (κ3) is 4.46. The van der Waals surface area contributed by atoms with E-state index >= 15 is 0 Å². The Kier molecular flexibility index (Phi) is 5.31. The number of aliphatic carboxylic acids is 1. The van der Waals surface area contributed by atoms with Gasteiger partial charge >= 0.3 is 12.0 Å². The first kappa shape index (κ1) is 14.7. The summed E-state index contributed by atoms with van der Waals surface area (Å²) >= 11 is 1.45. The lowest BCUT2D eigenvalue weighted by atomic mass is 9.99. The van der Waals surface area contributed by atoms with Crippen molar-refractivity contribution >= 4 is 28.5 Å². The van der Waals surface area contributed by atoms with Crippen molar-refractivity contribution in [2.45, 2.75) is 25.2 Å². The highest BCUT2D eigenvalue weighted by Gasteiger charge is 2.18. The average Bonchev–Trinajstić information content (AvgIpc) is 2.88.